The molecule has 9 nitrogen and oxygen atoms in total. The van der Waals surface area contributed by atoms with Crippen molar-refractivity contribution in [3.8, 4) is 17.2 Å². The molecule has 3 rings (SSSR count). The average Bonchev–Trinajstić information content (AvgIpc) is 3.24. The second kappa shape index (κ2) is 11.6. The molecule has 0 fully saturated rings. The average molecular weight is 443 g/mol. The topological polar surface area (TPSA) is 124 Å². The normalized spacial score (nSPS) is 13.0. The number of aliphatic carboxylic acids is 1. The van der Waals surface area contributed by atoms with E-state index in [0.717, 1.165) is 6.08 Å². The summed E-state index contributed by atoms with van der Waals surface area (Å²) < 4.78 is 21.9. The van der Waals surface area contributed by atoms with Gasteiger partial charge < -0.3 is 29.2 Å². The van der Waals surface area contributed by atoms with E-state index < -0.39 is 18.2 Å². The predicted octanol–water partition coefficient (Wildman–Crippen LogP) is 3.89. The van der Waals surface area contributed by atoms with Crippen LogP contribution in [0.3, 0.4) is 0 Å². The van der Waals surface area contributed by atoms with E-state index in [2.05, 4.69) is 5.32 Å². The van der Waals surface area contributed by atoms with Crippen LogP contribution in [-0.2, 0) is 9.53 Å². The Morgan fingerprint density at radius 2 is 1.97 bits per heavy atom. The lowest BCUT2D eigenvalue weighted by Crippen LogP contribution is -2.18. The quantitative estimate of drug-likeness (QED) is 0.353. The first-order valence-corrected chi connectivity index (χ1v) is 10.2. The summed E-state index contributed by atoms with van der Waals surface area (Å²) in [6, 6.07) is 12.1. The van der Waals surface area contributed by atoms with E-state index in [9.17, 15) is 9.59 Å². The lowest BCUT2D eigenvalue weighted by atomic mass is 10.0. The number of para-hydroxylation sites is 1. The van der Waals surface area contributed by atoms with Crippen molar-refractivity contribution in [1.82, 2.24) is 0 Å². The van der Waals surface area contributed by atoms with Crippen molar-refractivity contribution in [2.24, 2.45) is 0 Å². The van der Waals surface area contributed by atoms with Crippen LogP contribution in [0.5, 0.6) is 17.2 Å². The van der Waals surface area contributed by atoms with Crippen molar-refractivity contribution in [1.29, 1.82) is 0 Å². The van der Waals surface area contributed by atoms with Gasteiger partial charge in [0.1, 0.15) is 18.5 Å². The van der Waals surface area contributed by atoms with Crippen LogP contribution in [0.2, 0.25) is 0 Å². The van der Waals surface area contributed by atoms with Gasteiger partial charge in [0, 0.05) is 23.4 Å². The first-order valence-electron chi connectivity index (χ1n) is 10.2. The number of allylic oxidation sites excluding steroid dienone is 1. The molecule has 0 aromatic heterocycles. The van der Waals surface area contributed by atoms with Gasteiger partial charge in [0.2, 0.25) is 6.79 Å². The number of hydrogen-bond acceptors (Lipinski definition) is 7. The van der Waals surface area contributed by atoms with Crippen molar-refractivity contribution >= 4 is 17.7 Å². The zero-order valence-electron chi connectivity index (χ0n) is 17.4. The van der Waals surface area contributed by atoms with E-state index in [4.69, 9.17) is 29.2 Å². The molecular formula is C23H25NO8. The number of nitrogens with one attached hydrogen (secondary N) is 1. The molecule has 1 atom stereocenters. The van der Waals surface area contributed by atoms with Crippen LogP contribution in [0, 0.1) is 0 Å². The molecule has 2 aromatic carbocycles. The highest BCUT2D eigenvalue weighted by Crippen LogP contribution is 2.35. The Morgan fingerprint density at radius 1 is 1.16 bits per heavy atom. The number of anilines is 1. The number of benzene rings is 2. The van der Waals surface area contributed by atoms with Gasteiger partial charge in [-0.2, -0.15) is 0 Å². The largest absolute Gasteiger partial charge is 0.491 e. The van der Waals surface area contributed by atoms with E-state index >= 15 is 0 Å². The fourth-order valence-electron chi connectivity index (χ4n) is 3.17. The summed E-state index contributed by atoms with van der Waals surface area (Å²) >= 11 is 0. The van der Waals surface area contributed by atoms with E-state index in [0.29, 0.717) is 47.8 Å². The first-order chi connectivity index (χ1) is 15.6. The Balaban J connectivity index is 1.70. The van der Waals surface area contributed by atoms with Crippen LogP contribution in [0.15, 0.2) is 54.6 Å². The summed E-state index contributed by atoms with van der Waals surface area (Å²) in [5.41, 5.74) is 1.15. The highest BCUT2D eigenvalue weighted by atomic mass is 16.7. The molecule has 1 heterocycles. The number of carbonyl (C=O) groups excluding carboxylic acids is 1. The minimum absolute atomic E-state index is 0.106. The minimum atomic E-state index is -1.01. The molecule has 170 valence electrons. The first kappa shape index (κ1) is 23.0. The molecule has 1 amide bonds. The molecule has 9 heteroatoms. The van der Waals surface area contributed by atoms with Crippen molar-refractivity contribution in [2.75, 3.05) is 25.3 Å². The molecule has 0 saturated carbocycles. The van der Waals surface area contributed by atoms with E-state index in [1.54, 1.807) is 48.5 Å². The maximum Gasteiger partial charge on any atom is 0.412 e. The third-order valence-corrected chi connectivity index (χ3v) is 4.58. The van der Waals surface area contributed by atoms with Gasteiger partial charge >= 0.3 is 12.1 Å². The molecule has 0 unspecified atom stereocenters. The van der Waals surface area contributed by atoms with E-state index in [-0.39, 0.29) is 20.0 Å². The predicted molar refractivity (Wildman–Crippen MR) is 115 cm³/mol. The third-order valence-electron chi connectivity index (χ3n) is 4.58. The van der Waals surface area contributed by atoms with Crippen molar-refractivity contribution in [3.05, 3.63) is 60.2 Å². The maximum atomic E-state index is 12.6. The fourth-order valence-corrected chi connectivity index (χ4v) is 3.17. The Labute approximate surface area is 185 Å². The Morgan fingerprint density at radius 3 is 2.78 bits per heavy atom. The molecular weight excluding hydrogens is 418 g/mol. The molecule has 0 radical (unpaired) electrons. The zero-order valence-corrected chi connectivity index (χ0v) is 17.4. The highest BCUT2D eigenvalue weighted by molar-refractivity contribution is 5.85. The minimum Gasteiger partial charge on any atom is -0.491 e. The van der Waals surface area contributed by atoms with E-state index in [1.165, 1.54) is 0 Å². The third kappa shape index (κ3) is 6.64. The summed E-state index contributed by atoms with van der Waals surface area (Å²) in [6.07, 6.45) is 2.87. The van der Waals surface area contributed by atoms with E-state index in [1.807, 2.05) is 0 Å². The van der Waals surface area contributed by atoms with Gasteiger partial charge in [0.25, 0.3) is 0 Å². The lowest BCUT2D eigenvalue weighted by Gasteiger charge is -2.21. The Hall–Kier alpha value is -3.72. The molecule has 32 heavy (non-hydrogen) atoms. The van der Waals surface area contributed by atoms with Gasteiger partial charge in [-0.05, 0) is 37.5 Å². The summed E-state index contributed by atoms with van der Waals surface area (Å²) in [6.45, 7) is 0.0885. The molecule has 1 aliphatic rings. The zero-order chi connectivity index (χ0) is 22.8. The number of aliphatic hydroxyl groups excluding tert-OH is 1. The Kier molecular flexibility index (Phi) is 8.33. The fraction of sp³-hybridized carbons (Fsp3) is 0.304. The van der Waals surface area contributed by atoms with Gasteiger partial charge in [-0.15, -0.1) is 0 Å². The maximum absolute atomic E-state index is 12.6. The standard InChI is InChI=1S/C23H25NO8/c25-12-13-29-18-7-5-4-6-17(18)19(8-2-1-3-9-22(26)27)32-23(28)24-16-10-11-20-21(14-16)31-15-30-20/h3-7,9-11,14,19,25H,1-2,8,12-13,15H2,(H,24,28)(H,26,27)/b9-3+/t19-/m1/s1. The van der Waals surface area contributed by atoms with Crippen molar-refractivity contribution in [2.45, 2.75) is 25.4 Å². The number of carboxylic acids is 1. The molecule has 1 aliphatic heterocycles. The van der Waals surface area contributed by atoms with Crippen LogP contribution < -0.4 is 19.5 Å². The lowest BCUT2D eigenvalue weighted by molar-refractivity contribution is -0.131. The number of hydrogen-bond donors (Lipinski definition) is 3. The second-order valence-corrected chi connectivity index (χ2v) is 6.87. The smallest absolute Gasteiger partial charge is 0.412 e. The number of ether oxygens (including phenoxy) is 4. The van der Waals surface area contributed by atoms with Crippen LogP contribution in [0.25, 0.3) is 0 Å². The molecule has 0 saturated heterocycles. The van der Waals surface area contributed by atoms with Gasteiger partial charge in [-0.25, -0.2) is 9.59 Å². The van der Waals surface area contributed by atoms with Gasteiger partial charge in [0.15, 0.2) is 11.5 Å². The highest BCUT2D eigenvalue weighted by Gasteiger charge is 2.21. The molecule has 3 N–H and O–H groups in total. The molecule has 0 spiro atoms. The van der Waals surface area contributed by atoms with Gasteiger partial charge in [-0.1, -0.05) is 24.3 Å². The van der Waals surface area contributed by atoms with Crippen LogP contribution in [0.1, 0.15) is 30.9 Å². The number of unbranched alkanes of at least 4 members (excludes halogenated alkanes) is 1. The molecule has 0 aliphatic carbocycles. The SMILES string of the molecule is O=C(O)/C=C/CCC[C@@H](OC(=O)Nc1ccc2c(c1)OCO2)c1ccccc1OCCO. The number of aliphatic hydroxyl groups is 1. The van der Waals surface area contributed by atoms with Crippen molar-refractivity contribution in [3.63, 3.8) is 0 Å². The summed E-state index contributed by atoms with van der Waals surface area (Å²) in [7, 11) is 0. The van der Waals surface area contributed by atoms with Crippen molar-refractivity contribution < 1.29 is 38.7 Å². The Bertz CT molecular complexity index is 959. The van der Waals surface area contributed by atoms with Gasteiger partial charge in [-0.3, -0.25) is 5.32 Å². The summed E-state index contributed by atoms with van der Waals surface area (Å²) in [4.78, 5) is 23.3. The van der Waals surface area contributed by atoms with Gasteiger partial charge in [0.05, 0.1) is 6.61 Å². The van der Waals surface area contributed by atoms with Crippen LogP contribution in [0.4, 0.5) is 10.5 Å². The second-order valence-electron chi connectivity index (χ2n) is 6.87. The number of carbonyl (C=O) groups is 2. The summed E-state index contributed by atoms with van der Waals surface area (Å²) in [5, 5.41) is 20.5. The molecule has 2 aromatic rings. The number of rotatable bonds is 11. The molecule has 0 bridgehead atoms. The number of fused-ring (bicyclic) bond motifs is 1. The number of amides is 1. The van der Waals surface area contributed by atoms with Crippen LogP contribution in [-0.4, -0.2) is 42.3 Å². The van der Waals surface area contributed by atoms with Crippen LogP contribution >= 0.6 is 0 Å². The number of carboxylic acid groups (broad SMARTS) is 1. The summed E-state index contributed by atoms with van der Waals surface area (Å²) in [5.74, 6) is 0.630. The monoisotopic (exact) mass is 443 g/mol.